The third kappa shape index (κ3) is 1.89. The number of hydrogen-bond donors (Lipinski definition) is 0. The summed E-state index contributed by atoms with van der Waals surface area (Å²) in [6.07, 6.45) is 0. The fourth-order valence-corrected chi connectivity index (χ4v) is 1.18. The van der Waals surface area contributed by atoms with Crippen LogP contribution in [0.3, 0.4) is 0 Å². The van der Waals surface area contributed by atoms with E-state index in [1.165, 1.54) is 16.7 Å². The van der Waals surface area contributed by atoms with Crippen molar-refractivity contribution in [2.75, 3.05) is 0 Å². The summed E-state index contributed by atoms with van der Waals surface area (Å²) in [4.78, 5) is 0. The number of aryl methyl sites for hydroxylation is 2. The van der Waals surface area contributed by atoms with Crippen LogP contribution in [0.5, 0.6) is 0 Å². The molecule has 12 heavy (non-hydrogen) atoms. The van der Waals surface area contributed by atoms with Gasteiger partial charge >= 0.3 is 0 Å². The van der Waals surface area contributed by atoms with Crippen molar-refractivity contribution >= 4 is 17.2 Å². The Morgan fingerprint density at radius 2 is 1.92 bits per heavy atom. The molecule has 0 aromatic heterocycles. The topological polar surface area (TPSA) is 0 Å². The van der Waals surface area contributed by atoms with E-state index in [0.717, 1.165) is 5.57 Å². The van der Waals surface area contributed by atoms with Crippen LogP contribution >= 0.6 is 11.6 Å². The minimum absolute atomic E-state index is 1.11. The molecule has 0 saturated heterocycles. The van der Waals surface area contributed by atoms with Crippen molar-refractivity contribution in [3.63, 3.8) is 0 Å². The summed E-state index contributed by atoms with van der Waals surface area (Å²) in [6, 6.07) is 6.37. The molecule has 0 fully saturated rings. The van der Waals surface area contributed by atoms with Gasteiger partial charge in [0.1, 0.15) is 0 Å². The van der Waals surface area contributed by atoms with E-state index in [2.05, 4.69) is 32.0 Å². The highest BCUT2D eigenvalue weighted by Gasteiger charge is 1.96. The Morgan fingerprint density at radius 3 is 2.42 bits per heavy atom. The van der Waals surface area contributed by atoms with Crippen molar-refractivity contribution in [3.8, 4) is 0 Å². The second-order valence-electron chi connectivity index (χ2n) is 3.09. The van der Waals surface area contributed by atoms with Gasteiger partial charge in [0, 0.05) is 5.54 Å². The van der Waals surface area contributed by atoms with Crippen molar-refractivity contribution < 1.29 is 0 Å². The maximum atomic E-state index is 5.62. The normalized spacial score (nSPS) is 11.8. The predicted molar refractivity (Wildman–Crippen MR) is 55.4 cm³/mol. The first kappa shape index (κ1) is 9.34. The minimum atomic E-state index is 1.11. The number of hydrogen-bond acceptors (Lipinski definition) is 0. The summed E-state index contributed by atoms with van der Waals surface area (Å²) in [5.41, 5.74) is 6.56. The Morgan fingerprint density at radius 1 is 1.25 bits per heavy atom. The molecule has 0 spiro atoms. The third-order valence-corrected chi connectivity index (χ3v) is 2.45. The lowest BCUT2D eigenvalue weighted by Crippen LogP contribution is -1.84. The molecule has 0 aliphatic carbocycles. The number of halogens is 1. The SMILES string of the molecule is C/C(=C/Cl)c1ccc(C)c(C)c1. The fourth-order valence-electron chi connectivity index (χ4n) is 1.05. The molecular formula is C11H13Cl. The summed E-state index contributed by atoms with van der Waals surface area (Å²) >= 11 is 5.62. The molecule has 0 atom stereocenters. The molecule has 1 rings (SSSR count). The van der Waals surface area contributed by atoms with E-state index in [9.17, 15) is 0 Å². The molecule has 0 aliphatic rings. The van der Waals surface area contributed by atoms with Crippen LogP contribution in [0.2, 0.25) is 0 Å². The van der Waals surface area contributed by atoms with Gasteiger partial charge in [-0.3, -0.25) is 0 Å². The van der Waals surface area contributed by atoms with Crippen molar-refractivity contribution in [3.05, 3.63) is 40.4 Å². The molecule has 0 saturated carbocycles. The highest BCUT2D eigenvalue weighted by Crippen LogP contribution is 2.17. The van der Waals surface area contributed by atoms with Gasteiger partial charge < -0.3 is 0 Å². The van der Waals surface area contributed by atoms with Gasteiger partial charge in [0.2, 0.25) is 0 Å². The lowest BCUT2D eigenvalue weighted by atomic mass is 10.0. The average Bonchev–Trinajstić information content (AvgIpc) is 2.08. The Hall–Kier alpha value is -0.750. The number of rotatable bonds is 1. The Labute approximate surface area is 78.9 Å². The molecule has 1 aromatic carbocycles. The zero-order valence-electron chi connectivity index (χ0n) is 7.69. The van der Waals surface area contributed by atoms with Gasteiger partial charge in [-0.1, -0.05) is 29.8 Å². The zero-order chi connectivity index (χ0) is 9.14. The molecule has 1 heteroatoms. The van der Waals surface area contributed by atoms with Crippen molar-refractivity contribution in [2.24, 2.45) is 0 Å². The van der Waals surface area contributed by atoms with Gasteiger partial charge in [-0.25, -0.2) is 0 Å². The summed E-state index contributed by atoms with van der Waals surface area (Å²) < 4.78 is 0. The molecule has 64 valence electrons. The van der Waals surface area contributed by atoms with Crippen LogP contribution in [0, 0.1) is 13.8 Å². The Kier molecular flexibility index (Phi) is 2.93. The van der Waals surface area contributed by atoms with Crippen molar-refractivity contribution in [1.29, 1.82) is 0 Å². The van der Waals surface area contributed by atoms with Gasteiger partial charge in [0.05, 0.1) is 0 Å². The standard InChI is InChI=1S/C11H13Cl/c1-8-4-5-11(6-9(8)2)10(3)7-12/h4-7H,1-3H3/b10-7-. The number of allylic oxidation sites excluding steroid dienone is 1. The summed E-state index contributed by atoms with van der Waals surface area (Å²) in [5.74, 6) is 0. The Balaban J connectivity index is 3.13. The van der Waals surface area contributed by atoms with E-state index in [1.807, 2.05) is 6.92 Å². The summed E-state index contributed by atoms with van der Waals surface area (Å²) in [5, 5.41) is 0. The van der Waals surface area contributed by atoms with E-state index >= 15 is 0 Å². The lowest BCUT2D eigenvalue weighted by molar-refractivity contribution is 1.33. The van der Waals surface area contributed by atoms with E-state index in [0.29, 0.717) is 0 Å². The molecule has 0 N–H and O–H groups in total. The maximum absolute atomic E-state index is 5.62. The van der Waals surface area contributed by atoms with Crippen LogP contribution in [0.4, 0.5) is 0 Å². The van der Waals surface area contributed by atoms with E-state index in [1.54, 1.807) is 5.54 Å². The van der Waals surface area contributed by atoms with E-state index in [-0.39, 0.29) is 0 Å². The highest BCUT2D eigenvalue weighted by atomic mass is 35.5. The van der Waals surface area contributed by atoms with E-state index in [4.69, 9.17) is 11.6 Å². The first-order valence-electron chi connectivity index (χ1n) is 3.99. The lowest BCUT2D eigenvalue weighted by Gasteiger charge is -2.04. The first-order valence-corrected chi connectivity index (χ1v) is 4.43. The zero-order valence-corrected chi connectivity index (χ0v) is 8.44. The molecule has 0 bridgehead atoms. The molecule has 0 heterocycles. The molecule has 0 amide bonds. The van der Waals surface area contributed by atoms with Crippen molar-refractivity contribution in [2.45, 2.75) is 20.8 Å². The van der Waals surface area contributed by atoms with E-state index < -0.39 is 0 Å². The highest BCUT2D eigenvalue weighted by molar-refractivity contribution is 6.28. The summed E-state index contributed by atoms with van der Waals surface area (Å²) in [7, 11) is 0. The molecule has 1 aromatic rings. The maximum Gasteiger partial charge on any atom is 0.00777 e. The second-order valence-corrected chi connectivity index (χ2v) is 3.31. The van der Waals surface area contributed by atoms with Crippen LogP contribution in [-0.2, 0) is 0 Å². The van der Waals surface area contributed by atoms with Gasteiger partial charge in [-0.05, 0) is 43.0 Å². The van der Waals surface area contributed by atoms with Crippen LogP contribution in [0.15, 0.2) is 23.7 Å². The van der Waals surface area contributed by atoms with Gasteiger partial charge in [0.25, 0.3) is 0 Å². The quantitative estimate of drug-likeness (QED) is 0.615. The Bertz CT molecular complexity index is 311. The average molecular weight is 181 g/mol. The minimum Gasteiger partial charge on any atom is -0.0926 e. The van der Waals surface area contributed by atoms with Gasteiger partial charge in [0.15, 0.2) is 0 Å². The van der Waals surface area contributed by atoms with Crippen molar-refractivity contribution in [1.82, 2.24) is 0 Å². The molecule has 0 nitrogen and oxygen atoms in total. The molecule has 0 aliphatic heterocycles. The first-order chi connectivity index (χ1) is 5.65. The largest absolute Gasteiger partial charge is 0.0926 e. The van der Waals surface area contributed by atoms with Crippen LogP contribution in [-0.4, -0.2) is 0 Å². The smallest absolute Gasteiger partial charge is 0.00777 e. The molecule has 0 unspecified atom stereocenters. The fraction of sp³-hybridized carbons (Fsp3) is 0.273. The second kappa shape index (κ2) is 3.77. The monoisotopic (exact) mass is 180 g/mol. The third-order valence-electron chi connectivity index (χ3n) is 2.13. The predicted octanol–water partition coefficient (Wildman–Crippen LogP) is 3.90. The molecular weight excluding hydrogens is 168 g/mol. The van der Waals surface area contributed by atoms with Gasteiger partial charge in [-0.15, -0.1) is 0 Å². The molecule has 0 radical (unpaired) electrons. The van der Waals surface area contributed by atoms with Crippen LogP contribution in [0.25, 0.3) is 5.57 Å². The van der Waals surface area contributed by atoms with Crippen LogP contribution in [0.1, 0.15) is 23.6 Å². The van der Waals surface area contributed by atoms with Gasteiger partial charge in [-0.2, -0.15) is 0 Å². The summed E-state index contributed by atoms with van der Waals surface area (Å²) in [6.45, 7) is 6.23. The number of benzene rings is 1. The van der Waals surface area contributed by atoms with Crippen LogP contribution < -0.4 is 0 Å².